The van der Waals surface area contributed by atoms with Crippen LogP contribution in [-0.4, -0.2) is 30.3 Å². The standard InChI is InChI=1S/C25H39NO4/c1-4-6-7-8-9-10-11-12-16-19-22(27)26-23(25(29)30-5-2)20(3)24(28)21-17-14-13-15-18-21/h13-15,17-18,20,23H,4-12,16,19H2,1-3H3,(H,26,27)/t20-,23-/m1/s1. The van der Waals surface area contributed by atoms with Crippen molar-refractivity contribution in [3.8, 4) is 0 Å². The summed E-state index contributed by atoms with van der Waals surface area (Å²) in [5.41, 5.74) is 0.521. The van der Waals surface area contributed by atoms with E-state index < -0.39 is 17.9 Å². The highest BCUT2D eigenvalue weighted by Gasteiger charge is 2.33. The minimum atomic E-state index is -0.969. The molecule has 0 saturated heterocycles. The Balaban J connectivity index is 2.47. The summed E-state index contributed by atoms with van der Waals surface area (Å²) >= 11 is 0. The molecule has 0 aliphatic heterocycles. The highest BCUT2D eigenvalue weighted by molar-refractivity contribution is 6.01. The zero-order valence-corrected chi connectivity index (χ0v) is 19.0. The molecule has 5 heteroatoms. The molecule has 0 spiro atoms. The van der Waals surface area contributed by atoms with Gasteiger partial charge in [-0.25, -0.2) is 4.79 Å². The van der Waals surface area contributed by atoms with Crippen molar-refractivity contribution in [3.63, 3.8) is 0 Å². The van der Waals surface area contributed by atoms with Crippen molar-refractivity contribution < 1.29 is 19.1 Å². The molecular formula is C25H39NO4. The van der Waals surface area contributed by atoms with Gasteiger partial charge in [0.25, 0.3) is 0 Å². The summed E-state index contributed by atoms with van der Waals surface area (Å²) in [4.78, 5) is 37.5. The summed E-state index contributed by atoms with van der Waals surface area (Å²) in [5.74, 6) is -1.64. The number of nitrogens with one attached hydrogen (secondary N) is 1. The number of ketones is 1. The van der Waals surface area contributed by atoms with E-state index in [9.17, 15) is 14.4 Å². The lowest BCUT2D eigenvalue weighted by molar-refractivity contribution is -0.148. The SMILES string of the molecule is CCCCCCCCCCCC(=O)N[C@@H](C(=O)OCC)[C@@H](C)C(=O)c1ccccc1. The number of hydrogen-bond donors (Lipinski definition) is 1. The largest absolute Gasteiger partial charge is 0.464 e. The minimum Gasteiger partial charge on any atom is -0.464 e. The first-order chi connectivity index (χ1) is 14.5. The average molecular weight is 418 g/mol. The second-order valence-electron chi connectivity index (χ2n) is 7.89. The van der Waals surface area contributed by atoms with Crippen LogP contribution in [0.25, 0.3) is 0 Å². The van der Waals surface area contributed by atoms with E-state index in [2.05, 4.69) is 12.2 Å². The zero-order valence-electron chi connectivity index (χ0n) is 19.0. The average Bonchev–Trinajstić information content (AvgIpc) is 2.76. The van der Waals surface area contributed by atoms with E-state index in [0.29, 0.717) is 12.0 Å². The molecule has 0 aliphatic rings. The van der Waals surface area contributed by atoms with Gasteiger partial charge in [0.1, 0.15) is 6.04 Å². The number of unbranched alkanes of at least 4 members (excludes halogenated alkanes) is 8. The van der Waals surface area contributed by atoms with Gasteiger partial charge < -0.3 is 10.1 Å². The summed E-state index contributed by atoms with van der Waals surface area (Å²) in [6.07, 6.45) is 10.9. The lowest BCUT2D eigenvalue weighted by Gasteiger charge is -2.22. The second kappa shape index (κ2) is 15.6. The number of rotatable bonds is 16. The Hall–Kier alpha value is -2.17. The summed E-state index contributed by atoms with van der Waals surface area (Å²) in [6.45, 7) is 5.80. The quantitative estimate of drug-likeness (QED) is 0.220. The third-order valence-corrected chi connectivity index (χ3v) is 5.34. The van der Waals surface area contributed by atoms with Crippen LogP contribution in [0.5, 0.6) is 0 Å². The molecule has 0 saturated carbocycles. The molecule has 30 heavy (non-hydrogen) atoms. The maximum atomic E-state index is 12.7. The molecule has 0 radical (unpaired) electrons. The topological polar surface area (TPSA) is 72.5 Å². The van der Waals surface area contributed by atoms with Gasteiger partial charge in [0.15, 0.2) is 5.78 Å². The molecule has 1 aromatic carbocycles. The van der Waals surface area contributed by atoms with Crippen LogP contribution < -0.4 is 5.32 Å². The molecule has 0 aliphatic carbocycles. The molecule has 0 unspecified atom stereocenters. The van der Waals surface area contributed by atoms with Crippen LogP contribution in [-0.2, 0) is 14.3 Å². The van der Waals surface area contributed by atoms with Crippen LogP contribution >= 0.6 is 0 Å². The number of hydrogen-bond acceptors (Lipinski definition) is 4. The summed E-state index contributed by atoms with van der Waals surface area (Å²) in [5, 5.41) is 2.74. The molecule has 1 rings (SSSR count). The van der Waals surface area contributed by atoms with Gasteiger partial charge in [0, 0.05) is 12.0 Å². The number of carbonyl (C=O) groups excluding carboxylic acids is 3. The fourth-order valence-corrected chi connectivity index (χ4v) is 3.48. The first kappa shape index (κ1) is 25.9. The smallest absolute Gasteiger partial charge is 0.329 e. The first-order valence-electron chi connectivity index (χ1n) is 11.6. The predicted molar refractivity (Wildman–Crippen MR) is 120 cm³/mol. The molecule has 0 heterocycles. The van der Waals surface area contributed by atoms with Crippen LogP contribution in [0.4, 0.5) is 0 Å². The van der Waals surface area contributed by atoms with E-state index in [4.69, 9.17) is 4.74 Å². The van der Waals surface area contributed by atoms with E-state index in [1.807, 2.05) is 6.07 Å². The molecule has 2 atom stereocenters. The highest BCUT2D eigenvalue weighted by Crippen LogP contribution is 2.15. The number of amides is 1. The van der Waals surface area contributed by atoms with E-state index in [1.54, 1.807) is 38.1 Å². The van der Waals surface area contributed by atoms with Crippen molar-refractivity contribution >= 4 is 17.7 Å². The fourth-order valence-electron chi connectivity index (χ4n) is 3.48. The van der Waals surface area contributed by atoms with Gasteiger partial charge in [-0.05, 0) is 13.3 Å². The van der Waals surface area contributed by atoms with Gasteiger partial charge in [0.05, 0.1) is 12.5 Å². The molecule has 168 valence electrons. The summed E-state index contributed by atoms with van der Waals surface area (Å²) < 4.78 is 5.10. The normalized spacial score (nSPS) is 12.8. The Labute approximate surface area is 182 Å². The van der Waals surface area contributed by atoms with Gasteiger partial charge in [0.2, 0.25) is 5.91 Å². The molecule has 0 aromatic heterocycles. The maximum absolute atomic E-state index is 12.7. The predicted octanol–water partition coefficient (Wildman–Crippen LogP) is 5.47. The van der Waals surface area contributed by atoms with Crippen molar-refractivity contribution in [2.75, 3.05) is 6.61 Å². The Kier molecular flexibility index (Phi) is 13.5. The zero-order chi connectivity index (χ0) is 22.2. The van der Waals surface area contributed by atoms with Gasteiger partial charge in [-0.15, -0.1) is 0 Å². The summed E-state index contributed by atoms with van der Waals surface area (Å²) in [6, 6.07) is 7.85. The monoisotopic (exact) mass is 417 g/mol. The summed E-state index contributed by atoms with van der Waals surface area (Å²) in [7, 11) is 0. The number of esters is 1. The van der Waals surface area contributed by atoms with Gasteiger partial charge in [-0.3, -0.25) is 9.59 Å². The van der Waals surface area contributed by atoms with Crippen molar-refractivity contribution in [2.45, 2.75) is 91.0 Å². The van der Waals surface area contributed by atoms with E-state index in [0.717, 1.165) is 19.3 Å². The third kappa shape index (κ3) is 10.0. The van der Waals surface area contributed by atoms with E-state index in [-0.39, 0.29) is 18.3 Å². The van der Waals surface area contributed by atoms with Crippen LogP contribution in [0.2, 0.25) is 0 Å². The van der Waals surface area contributed by atoms with Crippen molar-refractivity contribution in [1.82, 2.24) is 5.32 Å². The molecule has 1 aromatic rings. The molecular weight excluding hydrogens is 378 g/mol. The van der Waals surface area contributed by atoms with Crippen molar-refractivity contribution in [1.29, 1.82) is 0 Å². The number of carbonyl (C=O) groups is 3. The second-order valence-corrected chi connectivity index (χ2v) is 7.89. The number of benzene rings is 1. The van der Waals surface area contributed by atoms with Gasteiger partial charge in [-0.1, -0.05) is 95.5 Å². The van der Waals surface area contributed by atoms with Crippen LogP contribution in [0.15, 0.2) is 30.3 Å². The maximum Gasteiger partial charge on any atom is 0.329 e. The lowest BCUT2D eigenvalue weighted by atomic mass is 9.92. The molecule has 1 N–H and O–H groups in total. The molecule has 0 bridgehead atoms. The first-order valence-corrected chi connectivity index (χ1v) is 11.6. The van der Waals surface area contributed by atoms with E-state index in [1.165, 1.54) is 38.5 Å². The Bertz CT molecular complexity index is 629. The molecule has 5 nitrogen and oxygen atoms in total. The number of Topliss-reactive ketones (excluding diaryl/α,β-unsaturated/α-hetero) is 1. The Morgan fingerprint density at radius 3 is 2.00 bits per heavy atom. The minimum absolute atomic E-state index is 0.183. The van der Waals surface area contributed by atoms with Crippen molar-refractivity contribution in [2.24, 2.45) is 5.92 Å². The van der Waals surface area contributed by atoms with Gasteiger partial charge >= 0.3 is 5.97 Å². The lowest BCUT2D eigenvalue weighted by Crippen LogP contribution is -2.48. The van der Waals surface area contributed by atoms with Crippen LogP contribution in [0.1, 0.15) is 95.3 Å². The fraction of sp³-hybridized carbons (Fsp3) is 0.640. The van der Waals surface area contributed by atoms with Crippen LogP contribution in [0.3, 0.4) is 0 Å². The third-order valence-electron chi connectivity index (χ3n) is 5.34. The molecule has 0 fully saturated rings. The Morgan fingerprint density at radius 2 is 1.43 bits per heavy atom. The number of ether oxygens (including phenoxy) is 1. The van der Waals surface area contributed by atoms with Crippen LogP contribution in [0, 0.1) is 5.92 Å². The van der Waals surface area contributed by atoms with Crippen molar-refractivity contribution in [3.05, 3.63) is 35.9 Å². The Morgan fingerprint density at radius 1 is 0.867 bits per heavy atom. The molecule has 1 amide bonds. The highest BCUT2D eigenvalue weighted by atomic mass is 16.5. The van der Waals surface area contributed by atoms with E-state index >= 15 is 0 Å². The van der Waals surface area contributed by atoms with Gasteiger partial charge in [-0.2, -0.15) is 0 Å².